The summed E-state index contributed by atoms with van der Waals surface area (Å²) in [7, 11) is 0. The lowest BCUT2D eigenvalue weighted by atomic mass is 9.95. The number of furan rings is 2. The number of para-hydroxylation sites is 3. The molecule has 0 unspecified atom stereocenters. The highest BCUT2D eigenvalue weighted by molar-refractivity contribution is 6.24. The van der Waals surface area contributed by atoms with Crippen molar-refractivity contribution < 1.29 is 8.83 Å². The zero-order valence-electron chi connectivity index (χ0n) is 30.4. The van der Waals surface area contributed by atoms with E-state index >= 15 is 0 Å². The highest BCUT2D eigenvalue weighted by Crippen LogP contribution is 2.46. The van der Waals surface area contributed by atoms with Crippen LogP contribution in [-0.4, -0.2) is 0 Å². The van der Waals surface area contributed by atoms with Gasteiger partial charge in [-0.3, -0.25) is 0 Å². The lowest BCUT2D eigenvalue weighted by Gasteiger charge is -2.26. The van der Waals surface area contributed by atoms with Crippen molar-refractivity contribution in [1.29, 1.82) is 0 Å². The third-order valence-corrected chi connectivity index (χ3v) is 11.7. The Balaban J connectivity index is 0.914. The van der Waals surface area contributed by atoms with E-state index in [0.717, 1.165) is 84.1 Å². The third-order valence-electron chi connectivity index (χ3n) is 11.7. The van der Waals surface area contributed by atoms with E-state index in [4.69, 9.17) is 8.83 Å². The van der Waals surface area contributed by atoms with Gasteiger partial charge in [0.05, 0.1) is 0 Å². The largest absolute Gasteiger partial charge is 0.452 e. The fourth-order valence-corrected chi connectivity index (χ4v) is 9.06. The Hall–Kier alpha value is -7.36. The maximum absolute atomic E-state index is 6.50. The number of fused-ring (bicyclic) bond motifs is 12. The first-order valence-corrected chi connectivity index (χ1v) is 19.2. The topological polar surface area (TPSA) is 29.5 Å². The number of nitrogens with zero attached hydrogens (tertiary/aromatic N) is 1. The van der Waals surface area contributed by atoms with Gasteiger partial charge in [0.25, 0.3) is 0 Å². The lowest BCUT2D eigenvalue weighted by Crippen LogP contribution is -2.10. The van der Waals surface area contributed by atoms with Crippen LogP contribution in [-0.2, 0) is 6.42 Å². The monoisotopic (exact) mass is 715 g/mol. The van der Waals surface area contributed by atoms with Crippen molar-refractivity contribution in [2.45, 2.75) is 6.42 Å². The van der Waals surface area contributed by atoms with E-state index in [1.807, 2.05) is 24.3 Å². The SMILES string of the molecule is c1ccc(N(c2ccc(-c3ccc(-c4cc5c6ccccc6oc5c5oc6ccccc6c45)cc3)cc2)c2ccc3c(c2)Cc2ccc4ccccc4c2-3)cc1. The van der Waals surface area contributed by atoms with Gasteiger partial charge in [-0.05, 0) is 116 Å². The number of hydrogen-bond donors (Lipinski definition) is 0. The van der Waals surface area contributed by atoms with Crippen LogP contribution in [0.25, 0.3) is 88.0 Å². The Labute approximate surface area is 323 Å². The minimum Gasteiger partial charge on any atom is -0.452 e. The molecule has 3 heteroatoms. The first kappa shape index (κ1) is 31.0. The number of hydrogen-bond acceptors (Lipinski definition) is 3. The first-order chi connectivity index (χ1) is 27.7. The summed E-state index contributed by atoms with van der Waals surface area (Å²) in [6, 6.07) is 67.6. The first-order valence-electron chi connectivity index (χ1n) is 19.2. The van der Waals surface area contributed by atoms with Gasteiger partial charge in [0.15, 0.2) is 11.2 Å². The zero-order valence-corrected chi connectivity index (χ0v) is 30.4. The highest BCUT2D eigenvalue weighted by Gasteiger charge is 2.24. The second kappa shape index (κ2) is 12.1. The maximum atomic E-state index is 6.50. The summed E-state index contributed by atoms with van der Waals surface area (Å²) in [4.78, 5) is 2.37. The van der Waals surface area contributed by atoms with E-state index in [9.17, 15) is 0 Å². The Morgan fingerprint density at radius 2 is 0.982 bits per heavy atom. The van der Waals surface area contributed by atoms with Gasteiger partial charge in [-0.1, -0.05) is 133 Å². The van der Waals surface area contributed by atoms with E-state index in [0.29, 0.717) is 0 Å². The molecule has 0 spiro atoms. The standard InChI is InChI=1S/C53H33NO2/c1-2-11-39(12-3-1)54(41-28-29-43-38(31-41)30-37-23-22-35-10-4-5-13-42(35)50(37)43)40-26-24-34(25-27-40)33-18-20-36(21-19-33)46-32-47-44-14-6-8-16-48(44)55-52(47)53-51(46)45-15-7-9-17-49(45)56-53/h1-29,31-32H,30H2. The van der Waals surface area contributed by atoms with Gasteiger partial charge >= 0.3 is 0 Å². The van der Waals surface area contributed by atoms with E-state index < -0.39 is 0 Å². The molecule has 1 aliphatic carbocycles. The molecule has 0 aliphatic heterocycles. The van der Waals surface area contributed by atoms with Gasteiger partial charge in [-0.25, -0.2) is 0 Å². The van der Waals surface area contributed by atoms with E-state index in [1.165, 1.54) is 38.6 Å². The normalized spacial score (nSPS) is 12.2. The van der Waals surface area contributed by atoms with Gasteiger partial charge in [-0.2, -0.15) is 0 Å². The number of benzene rings is 9. The van der Waals surface area contributed by atoms with Crippen LogP contribution in [0.1, 0.15) is 11.1 Å². The van der Waals surface area contributed by atoms with Crippen LogP contribution in [0.3, 0.4) is 0 Å². The fraction of sp³-hybridized carbons (Fsp3) is 0.0189. The van der Waals surface area contributed by atoms with Crippen LogP contribution in [0.2, 0.25) is 0 Å². The predicted octanol–water partition coefficient (Wildman–Crippen LogP) is 15.0. The molecule has 0 amide bonds. The molecule has 2 aromatic heterocycles. The van der Waals surface area contributed by atoms with Crippen LogP contribution < -0.4 is 4.90 Å². The Kier molecular flexibility index (Phi) is 6.69. The molecule has 0 atom stereocenters. The van der Waals surface area contributed by atoms with Crippen LogP contribution in [0.4, 0.5) is 17.1 Å². The van der Waals surface area contributed by atoms with Crippen LogP contribution >= 0.6 is 0 Å². The van der Waals surface area contributed by atoms with Gasteiger partial charge < -0.3 is 13.7 Å². The predicted molar refractivity (Wildman–Crippen MR) is 232 cm³/mol. The lowest BCUT2D eigenvalue weighted by molar-refractivity contribution is 0.633. The molecule has 12 rings (SSSR count). The van der Waals surface area contributed by atoms with Crippen molar-refractivity contribution >= 4 is 71.7 Å². The minimum atomic E-state index is 0.791. The van der Waals surface area contributed by atoms with E-state index in [1.54, 1.807) is 0 Å². The van der Waals surface area contributed by atoms with Crippen LogP contribution in [0, 0.1) is 0 Å². The quantitative estimate of drug-likeness (QED) is 0.178. The summed E-state index contributed by atoms with van der Waals surface area (Å²) in [6.07, 6.45) is 0.940. The molecule has 2 heterocycles. The van der Waals surface area contributed by atoms with Gasteiger partial charge in [0, 0.05) is 38.6 Å². The smallest absolute Gasteiger partial charge is 0.179 e. The Bertz CT molecular complexity index is 3320. The van der Waals surface area contributed by atoms with Gasteiger partial charge in [0.2, 0.25) is 0 Å². The van der Waals surface area contributed by atoms with Crippen molar-refractivity contribution in [3.8, 4) is 33.4 Å². The maximum Gasteiger partial charge on any atom is 0.179 e. The average Bonchev–Trinajstić information content (AvgIpc) is 3.96. The molecule has 56 heavy (non-hydrogen) atoms. The van der Waals surface area contributed by atoms with Gasteiger partial charge in [0.1, 0.15) is 11.2 Å². The summed E-state index contributed by atoms with van der Waals surface area (Å²) >= 11 is 0. The molecule has 0 bridgehead atoms. The number of rotatable bonds is 5. The third kappa shape index (κ3) is 4.71. The summed E-state index contributed by atoms with van der Waals surface area (Å²) in [5.41, 5.74) is 16.8. The van der Waals surface area contributed by atoms with E-state index in [-0.39, 0.29) is 0 Å². The van der Waals surface area contributed by atoms with Crippen LogP contribution in [0.15, 0.2) is 197 Å². The second-order valence-corrected chi connectivity index (χ2v) is 14.8. The summed E-state index contributed by atoms with van der Waals surface area (Å²) in [6.45, 7) is 0. The molecule has 0 saturated heterocycles. The van der Waals surface area contributed by atoms with Crippen molar-refractivity contribution in [3.05, 3.63) is 199 Å². The Morgan fingerprint density at radius 3 is 1.79 bits per heavy atom. The van der Waals surface area contributed by atoms with Crippen LogP contribution in [0.5, 0.6) is 0 Å². The molecule has 0 fully saturated rings. The molecular formula is C53H33NO2. The summed E-state index contributed by atoms with van der Waals surface area (Å²) in [5.74, 6) is 0. The van der Waals surface area contributed by atoms with Gasteiger partial charge in [-0.15, -0.1) is 0 Å². The molecule has 3 nitrogen and oxygen atoms in total. The molecule has 262 valence electrons. The average molecular weight is 716 g/mol. The number of anilines is 3. The zero-order chi connectivity index (χ0) is 36.7. The second-order valence-electron chi connectivity index (χ2n) is 14.8. The summed E-state index contributed by atoms with van der Waals surface area (Å²) < 4.78 is 12.9. The van der Waals surface area contributed by atoms with Crippen molar-refractivity contribution in [2.24, 2.45) is 0 Å². The van der Waals surface area contributed by atoms with E-state index in [2.05, 4.69) is 169 Å². The molecular weight excluding hydrogens is 683 g/mol. The summed E-state index contributed by atoms with van der Waals surface area (Å²) in [5, 5.41) is 6.93. The molecule has 1 aliphatic rings. The van der Waals surface area contributed by atoms with Crippen molar-refractivity contribution in [1.82, 2.24) is 0 Å². The van der Waals surface area contributed by atoms with Crippen molar-refractivity contribution in [2.75, 3.05) is 4.90 Å². The Morgan fingerprint density at radius 1 is 0.375 bits per heavy atom. The van der Waals surface area contributed by atoms with Crippen molar-refractivity contribution in [3.63, 3.8) is 0 Å². The minimum absolute atomic E-state index is 0.791. The molecule has 0 radical (unpaired) electrons. The molecule has 0 N–H and O–H groups in total. The molecule has 11 aromatic rings. The molecule has 0 saturated carbocycles. The highest BCUT2D eigenvalue weighted by atomic mass is 16.4. The fourth-order valence-electron chi connectivity index (χ4n) is 9.06. The molecule has 9 aromatic carbocycles.